The summed E-state index contributed by atoms with van der Waals surface area (Å²) in [7, 11) is 2.04. The van der Waals surface area contributed by atoms with Crippen molar-refractivity contribution in [3.8, 4) is 0 Å². The molecule has 0 aliphatic rings. The van der Waals surface area contributed by atoms with Crippen LogP contribution in [0.25, 0.3) is 0 Å². The fourth-order valence-electron chi connectivity index (χ4n) is 2.28. The molecule has 0 radical (unpaired) electrons. The monoisotopic (exact) mass is 285 g/mol. The smallest absolute Gasteiger partial charge is 0.0415 e. The first-order valence-corrected chi connectivity index (χ1v) is 8.02. The molecule has 106 valence electrons. The third kappa shape index (κ3) is 3.87. The minimum atomic E-state index is 0.390. The van der Waals surface area contributed by atoms with E-state index in [9.17, 15) is 0 Å². The molecule has 20 heavy (non-hydrogen) atoms. The van der Waals surface area contributed by atoms with E-state index in [-0.39, 0.29) is 0 Å². The van der Waals surface area contributed by atoms with Crippen molar-refractivity contribution < 1.29 is 0 Å². The van der Waals surface area contributed by atoms with E-state index in [2.05, 4.69) is 68.6 Å². The van der Waals surface area contributed by atoms with Crippen LogP contribution in [-0.2, 0) is 0 Å². The highest BCUT2D eigenvalue weighted by atomic mass is 32.2. The fourth-order valence-corrected chi connectivity index (χ4v) is 3.31. The predicted octanol–water partition coefficient (Wildman–Crippen LogP) is 4.66. The zero-order chi connectivity index (χ0) is 14.5. The van der Waals surface area contributed by atoms with Gasteiger partial charge in [0.2, 0.25) is 0 Å². The third-order valence-electron chi connectivity index (χ3n) is 3.60. The molecule has 1 atom stereocenters. The maximum Gasteiger partial charge on any atom is 0.0415 e. The van der Waals surface area contributed by atoms with Crippen molar-refractivity contribution in [1.29, 1.82) is 0 Å². The molecule has 2 aromatic rings. The standard InChI is InChI=1S/C18H23NS/c1-13-6-9-16(10-7-13)20-12-18(19-4)17-11-14(2)5-8-15(17)3/h5-11,18-19H,12H2,1-4H3. The van der Waals surface area contributed by atoms with Crippen LogP contribution in [-0.4, -0.2) is 12.8 Å². The normalized spacial score (nSPS) is 12.4. The van der Waals surface area contributed by atoms with Crippen LogP contribution >= 0.6 is 11.8 Å². The molecule has 0 heterocycles. The Hall–Kier alpha value is -1.25. The highest BCUT2D eigenvalue weighted by Gasteiger charge is 2.12. The Morgan fingerprint density at radius 1 is 0.950 bits per heavy atom. The molecule has 0 aliphatic carbocycles. The molecule has 0 fully saturated rings. The molecule has 0 spiro atoms. The van der Waals surface area contributed by atoms with Crippen LogP contribution in [0, 0.1) is 20.8 Å². The molecule has 0 saturated heterocycles. The minimum Gasteiger partial charge on any atom is -0.312 e. The summed E-state index contributed by atoms with van der Waals surface area (Å²) >= 11 is 1.91. The summed E-state index contributed by atoms with van der Waals surface area (Å²) in [6.45, 7) is 6.47. The zero-order valence-electron chi connectivity index (χ0n) is 12.7. The highest BCUT2D eigenvalue weighted by molar-refractivity contribution is 7.99. The fraction of sp³-hybridized carbons (Fsp3) is 0.333. The van der Waals surface area contributed by atoms with E-state index >= 15 is 0 Å². The van der Waals surface area contributed by atoms with E-state index in [0.29, 0.717) is 6.04 Å². The number of rotatable bonds is 5. The average molecular weight is 285 g/mol. The van der Waals surface area contributed by atoms with Crippen LogP contribution < -0.4 is 5.32 Å². The van der Waals surface area contributed by atoms with E-state index in [4.69, 9.17) is 0 Å². The largest absolute Gasteiger partial charge is 0.312 e. The van der Waals surface area contributed by atoms with E-state index in [1.807, 2.05) is 18.8 Å². The Balaban J connectivity index is 2.09. The van der Waals surface area contributed by atoms with E-state index in [1.165, 1.54) is 27.1 Å². The Kier molecular flexibility index (Phi) is 5.27. The SMILES string of the molecule is CNC(CSc1ccc(C)cc1)c1cc(C)ccc1C. The van der Waals surface area contributed by atoms with Gasteiger partial charge in [0.15, 0.2) is 0 Å². The lowest BCUT2D eigenvalue weighted by Crippen LogP contribution is -2.19. The van der Waals surface area contributed by atoms with Gasteiger partial charge in [0.05, 0.1) is 0 Å². The lowest BCUT2D eigenvalue weighted by Gasteiger charge is -2.19. The number of nitrogens with one attached hydrogen (secondary N) is 1. The van der Waals surface area contributed by atoms with Crippen LogP contribution in [0.1, 0.15) is 28.3 Å². The summed E-state index contributed by atoms with van der Waals surface area (Å²) < 4.78 is 0. The molecule has 1 nitrogen and oxygen atoms in total. The molecular weight excluding hydrogens is 262 g/mol. The number of hydrogen-bond donors (Lipinski definition) is 1. The second-order valence-electron chi connectivity index (χ2n) is 5.33. The van der Waals surface area contributed by atoms with E-state index in [0.717, 1.165) is 5.75 Å². The topological polar surface area (TPSA) is 12.0 Å². The minimum absolute atomic E-state index is 0.390. The van der Waals surface area contributed by atoms with Gasteiger partial charge in [0.1, 0.15) is 0 Å². The Bertz CT molecular complexity index is 560. The van der Waals surface area contributed by atoms with Gasteiger partial charge in [-0.2, -0.15) is 0 Å². The van der Waals surface area contributed by atoms with Crippen molar-refractivity contribution in [2.24, 2.45) is 0 Å². The Labute approximate surface area is 126 Å². The molecule has 0 saturated carbocycles. The van der Waals surface area contributed by atoms with Gasteiger partial charge >= 0.3 is 0 Å². The molecular formula is C18H23NS. The summed E-state index contributed by atoms with van der Waals surface area (Å²) in [6, 6.07) is 15.8. The summed E-state index contributed by atoms with van der Waals surface area (Å²) in [4.78, 5) is 1.33. The van der Waals surface area contributed by atoms with Crippen molar-refractivity contribution in [3.05, 3.63) is 64.7 Å². The summed E-state index contributed by atoms with van der Waals surface area (Å²) in [5, 5.41) is 3.45. The first-order valence-electron chi connectivity index (χ1n) is 7.04. The van der Waals surface area contributed by atoms with Gasteiger partial charge in [-0.3, -0.25) is 0 Å². The van der Waals surface area contributed by atoms with Crippen LogP contribution in [0.3, 0.4) is 0 Å². The Morgan fingerprint density at radius 2 is 1.60 bits per heavy atom. The van der Waals surface area contributed by atoms with Crippen molar-refractivity contribution in [1.82, 2.24) is 5.32 Å². The molecule has 2 rings (SSSR count). The summed E-state index contributed by atoms with van der Waals surface area (Å²) in [5.74, 6) is 1.05. The molecule has 0 aromatic heterocycles. The van der Waals surface area contributed by atoms with Crippen molar-refractivity contribution in [3.63, 3.8) is 0 Å². The quantitative estimate of drug-likeness (QED) is 0.802. The molecule has 0 bridgehead atoms. The van der Waals surface area contributed by atoms with Crippen LogP contribution in [0.2, 0.25) is 0 Å². The zero-order valence-corrected chi connectivity index (χ0v) is 13.6. The van der Waals surface area contributed by atoms with Gasteiger partial charge < -0.3 is 5.32 Å². The maximum absolute atomic E-state index is 3.45. The van der Waals surface area contributed by atoms with Crippen LogP contribution in [0.4, 0.5) is 0 Å². The number of hydrogen-bond acceptors (Lipinski definition) is 2. The second kappa shape index (κ2) is 6.96. The van der Waals surface area contributed by atoms with Crippen LogP contribution in [0.15, 0.2) is 47.4 Å². The van der Waals surface area contributed by atoms with Gasteiger partial charge in [0, 0.05) is 16.7 Å². The van der Waals surface area contributed by atoms with Gasteiger partial charge in [-0.25, -0.2) is 0 Å². The van der Waals surface area contributed by atoms with Gasteiger partial charge in [0.25, 0.3) is 0 Å². The van der Waals surface area contributed by atoms with Gasteiger partial charge in [-0.1, -0.05) is 41.5 Å². The number of thioether (sulfide) groups is 1. The molecule has 2 aromatic carbocycles. The lowest BCUT2D eigenvalue weighted by atomic mass is 10.0. The van der Waals surface area contributed by atoms with Gasteiger partial charge in [-0.05, 0) is 51.1 Å². The second-order valence-corrected chi connectivity index (χ2v) is 6.42. The number of aryl methyl sites for hydroxylation is 3. The first kappa shape index (κ1) is 15.1. The van der Waals surface area contributed by atoms with E-state index in [1.54, 1.807) is 0 Å². The van der Waals surface area contributed by atoms with Crippen LogP contribution in [0.5, 0.6) is 0 Å². The molecule has 1 N–H and O–H groups in total. The predicted molar refractivity (Wildman–Crippen MR) is 89.6 cm³/mol. The Morgan fingerprint density at radius 3 is 2.25 bits per heavy atom. The lowest BCUT2D eigenvalue weighted by molar-refractivity contribution is 0.657. The molecule has 1 unspecified atom stereocenters. The maximum atomic E-state index is 3.45. The summed E-state index contributed by atoms with van der Waals surface area (Å²) in [6.07, 6.45) is 0. The summed E-state index contributed by atoms with van der Waals surface area (Å²) in [5.41, 5.74) is 5.41. The molecule has 2 heteroatoms. The average Bonchev–Trinajstić information content (AvgIpc) is 2.45. The van der Waals surface area contributed by atoms with Crippen molar-refractivity contribution in [2.45, 2.75) is 31.7 Å². The molecule has 0 aliphatic heterocycles. The van der Waals surface area contributed by atoms with Crippen molar-refractivity contribution in [2.75, 3.05) is 12.8 Å². The van der Waals surface area contributed by atoms with Crippen molar-refractivity contribution >= 4 is 11.8 Å². The third-order valence-corrected chi connectivity index (χ3v) is 4.70. The molecule has 0 amide bonds. The number of benzene rings is 2. The van der Waals surface area contributed by atoms with Gasteiger partial charge in [-0.15, -0.1) is 11.8 Å². The van der Waals surface area contributed by atoms with E-state index < -0.39 is 0 Å². The highest BCUT2D eigenvalue weighted by Crippen LogP contribution is 2.27. The first-order chi connectivity index (χ1) is 9.60.